The minimum atomic E-state index is 0.917. The lowest BCUT2D eigenvalue weighted by atomic mass is 10.2. The Balaban J connectivity index is 2.62. The van der Waals surface area contributed by atoms with Crippen molar-refractivity contribution >= 4 is 11.3 Å². The lowest BCUT2D eigenvalue weighted by Gasteiger charge is -1.80. The van der Waals surface area contributed by atoms with Gasteiger partial charge in [0.05, 0.1) is 0 Å². The molecule has 0 aliphatic rings. The predicted octanol–water partition coefficient (Wildman–Crippen LogP) is 2.08. The fourth-order valence-corrected chi connectivity index (χ4v) is 1.01. The molecule has 0 amide bonds. The average molecular weight is 122 g/mol. The summed E-state index contributed by atoms with van der Waals surface area (Å²) in [6, 6.07) is 1.94. The molecule has 0 saturated heterocycles. The molecule has 0 spiro atoms. The maximum Gasteiger partial charge on any atom is 0.0487 e. The van der Waals surface area contributed by atoms with Crippen molar-refractivity contribution in [2.24, 2.45) is 0 Å². The van der Waals surface area contributed by atoms with Gasteiger partial charge in [0, 0.05) is 10.8 Å². The average Bonchev–Trinajstić information content (AvgIpc) is 2.19. The summed E-state index contributed by atoms with van der Waals surface area (Å²) in [6.45, 7) is 3.61. The first-order chi connectivity index (χ1) is 3.93. The minimum Gasteiger partial charge on any atom is -0.133 e. The van der Waals surface area contributed by atoms with Crippen LogP contribution in [0.4, 0.5) is 0 Å². The highest BCUT2D eigenvalue weighted by atomic mass is 32.1. The van der Waals surface area contributed by atoms with Crippen LogP contribution < -0.4 is 0 Å². The zero-order chi connectivity index (χ0) is 5.82. The van der Waals surface area contributed by atoms with E-state index >= 15 is 0 Å². The van der Waals surface area contributed by atoms with Gasteiger partial charge in [-0.15, -0.1) is 17.9 Å². The van der Waals surface area contributed by atoms with Crippen LogP contribution in [0.5, 0.6) is 0 Å². The first-order valence-electron chi connectivity index (χ1n) is 2.41. The highest BCUT2D eigenvalue weighted by Crippen LogP contribution is 2.03. The van der Waals surface area contributed by atoms with Crippen LogP contribution in [0.15, 0.2) is 18.7 Å². The van der Waals surface area contributed by atoms with Gasteiger partial charge in [0.2, 0.25) is 0 Å². The molecule has 0 fully saturated rings. The second-order valence-electron chi connectivity index (χ2n) is 1.48. The normalized spacial score (nSPS) is 9.00. The molecule has 1 rings (SSSR count). The van der Waals surface area contributed by atoms with Gasteiger partial charge in [0.25, 0.3) is 0 Å². The Bertz CT molecular complexity index is 151. The highest BCUT2D eigenvalue weighted by Gasteiger charge is 1.86. The molecule has 0 aromatic carbocycles. The van der Waals surface area contributed by atoms with Gasteiger partial charge in [-0.25, -0.2) is 0 Å². The van der Waals surface area contributed by atoms with Gasteiger partial charge in [-0.05, 0) is 18.1 Å². The number of thiophene rings is 1. The Morgan fingerprint density at radius 1 is 1.88 bits per heavy atom. The van der Waals surface area contributed by atoms with Gasteiger partial charge in [-0.2, -0.15) is 0 Å². The van der Waals surface area contributed by atoms with Crippen molar-refractivity contribution in [3.8, 4) is 0 Å². The second-order valence-corrected chi connectivity index (χ2v) is 2.13. The molecule has 1 aromatic heterocycles. The molecule has 2 radical (unpaired) electrons. The molecule has 8 heavy (non-hydrogen) atoms. The van der Waals surface area contributed by atoms with Crippen molar-refractivity contribution in [1.29, 1.82) is 0 Å². The minimum absolute atomic E-state index is 0.917. The number of hydrogen-bond donors (Lipinski definition) is 0. The Hall–Kier alpha value is -0.560. The van der Waals surface area contributed by atoms with Crippen LogP contribution in [0.1, 0.15) is 5.56 Å². The van der Waals surface area contributed by atoms with E-state index in [0.29, 0.717) is 0 Å². The summed E-state index contributed by atoms with van der Waals surface area (Å²) in [5.41, 5.74) is 1.19. The van der Waals surface area contributed by atoms with Crippen LogP contribution in [-0.4, -0.2) is 0 Å². The van der Waals surface area contributed by atoms with Crippen LogP contribution in [0.3, 0.4) is 0 Å². The van der Waals surface area contributed by atoms with Crippen LogP contribution in [0.2, 0.25) is 0 Å². The Kier molecular flexibility index (Phi) is 1.86. The quantitative estimate of drug-likeness (QED) is 0.527. The molecule has 0 aliphatic carbocycles. The zero-order valence-corrected chi connectivity index (χ0v) is 5.29. The SMILES string of the molecule is C=CCc1[c]s[c]c1. The summed E-state index contributed by atoms with van der Waals surface area (Å²) in [5, 5.41) is 6.01. The van der Waals surface area contributed by atoms with Gasteiger partial charge in [0.15, 0.2) is 0 Å². The summed E-state index contributed by atoms with van der Waals surface area (Å²) in [6.07, 6.45) is 2.78. The van der Waals surface area contributed by atoms with Crippen molar-refractivity contribution in [3.63, 3.8) is 0 Å². The number of hydrogen-bond acceptors (Lipinski definition) is 1. The van der Waals surface area contributed by atoms with E-state index in [1.807, 2.05) is 12.1 Å². The lowest BCUT2D eigenvalue weighted by Crippen LogP contribution is -1.70. The number of allylic oxidation sites excluding steroid dienone is 1. The zero-order valence-electron chi connectivity index (χ0n) is 4.48. The molecule has 0 unspecified atom stereocenters. The van der Waals surface area contributed by atoms with Crippen molar-refractivity contribution in [2.45, 2.75) is 6.42 Å². The first kappa shape index (κ1) is 5.57. The topological polar surface area (TPSA) is 0 Å². The summed E-state index contributed by atoms with van der Waals surface area (Å²) in [7, 11) is 0. The summed E-state index contributed by atoms with van der Waals surface area (Å²) >= 11 is 1.48. The third kappa shape index (κ3) is 1.20. The molecular weight excluding hydrogens is 116 g/mol. The molecule has 0 bridgehead atoms. The molecule has 0 atom stereocenters. The van der Waals surface area contributed by atoms with E-state index in [1.165, 1.54) is 16.9 Å². The third-order valence-corrected chi connectivity index (χ3v) is 1.44. The molecular formula is C7H6S. The summed E-state index contributed by atoms with van der Waals surface area (Å²) < 4.78 is 0. The monoisotopic (exact) mass is 122 g/mol. The Labute approximate surface area is 53.5 Å². The Morgan fingerprint density at radius 3 is 3.25 bits per heavy atom. The largest absolute Gasteiger partial charge is 0.133 e. The molecule has 0 aliphatic heterocycles. The fraction of sp³-hybridized carbons (Fsp3) is 0.143. The maximum atomic E-state index is 3.61. The molecule has 0 saturated carbocycles. The molecule has 1 aromatic rings. The molecule has 1 heterocycles. The summed E-state index contributed by atoms with van der Waals surface area (Å²) in [4.78, 5) is 0. The standard InChI is InChI=1S/C7H6S/c1-2-3-7-4-5-8-6-7/h2,4H,1,3H2. The van der Waals surface area contributed by atoms with Crippen molar-refractivity contribution < 1.29 is 0 Å². The van der Waals surface area contributed by atoms with Crippen molar-refractivity contribution in [3.05, 3.63) is 35.0 Å². The van der Waals surface area contributed by atoms with E-state index in [0.717, 1.165) is 6.42 Å². The lowest BCUT2D eigenvalue weighted by molar-refractivity contribution is 1.30. The van der Waals surface area contributed by atoms with Crippen molar-refractivity contribution in [1.82, 2.24) is 0 Å². The molecule has 1 heteroatoms. The summed E-state index contributed by atoms with van der Waals surface area (Å²) in [5.74, 6) is 0. The molecule has 0 N–H and O–H groups in total. The first-order valence-corrected chi connectivity index (χ1v) is 3.22. The smallest absolute Gasteiger partial charge is 0.0487 e. The molecule has 40 valence electrons. The highest BCUT2D eigenvalue weighted by molar-refractivity contribution is 7.06. The van der Waals surface area contributed by atoms with Gasteiger partial charge >= 0.3 is 0 Å². The number of rotatable bonds is 2. The van der Waals surface area contributed by atoms with Gasteiger partial charge < -0.3 is 0 Å². The van der Waals surface area contributed by atoms with E-state index in [-0.39, 0.29) is 0 Å². The molecule has 0 nitrogen and oxygen atoms in total. The van der Waals surface area contributed by atoms with Crippen LogP contribution in [0, 0.1) is 10.8 Å². The van der Waals surface area contributed by atoms with Crippen LogP contribution >= 0.6 is 11.3 Å². The van der Waals surface area contributed by atoms with Gasteiger partial charge in [0.1, 0.15) is 0 Å². The van der Waals surface area contributed by atoms with Crippen LogP contribution in [0.25, 0.3) is 0 Å². The van der Waals surface area contributed by atoms with E-state index in [4.69, 9.17) is 0 Å². The van der Waals surface area contributed by atoms with Crippen molar-refractivity contribution in [2.75, 3.05) is 0 Å². The second kappa shape index (κ2) is 2.68. The van der Waals surface area contributed by atoms with E-state index < -0.39 is 0 Å². The third-order valence-electron chi connectivity index (χ3n) is 0.838. The van der Waals surface area contributed by atoms with E-state index in [2.05, 4.69) is 17.3 Å². The fourth-order valence-electron chi connectivity index (χ4n) is 0.481. The Morgan fingerprint density at radius 2 is 2.75 bits per heavy atom. The maximum absolute atomic E-state index is 3.61. The predicted molar refractivity (Wildman–Crippen MR) is 35.9 cm³/mol. The van der Waals surface area contributed by atoms with Gasteiger partial charge in [-0.3, -0.25) is 0 Å². The van der Waals surface area contributed by atoms with E-state index in [9.17, 15) is 0 Å². The van der Waals surface area contributed by atoms with Gasteiger partial charge in [-0.1, -0.05) is 6.08 Å². The van der Waals surface area contributed by atoms with E-state index in [1.54, 1.807) is 0 Å². The van der Waals surface area contributed by atoms with Crippen LogP contribution in [-0.2, 0) is 6.42 Å².